The third-order valence-electron chi connectivity index (χ3n) is 6.56. The van der Waals surface area contributed by atoms with Crippen molar-refractivity contribution in [2.75, 3.05) is 18.9 Å². The Morgan fingerprint density at radius 1 is 1.21 bits per heavy atom. The zero-order chi connectivity index (χ0) is 25.4. The van der Waals surface area contributed by atoms with Gasteiger partial charge in [0.2, 0.25) is 0 Å². The number of rotatable bonds is 12. The van der Waals surface area contributed by atoms with Crippen molar-refractivity contribution >= 4 is 28.5 Å². The topological polar surface area (TPSA) is 65.7 Å². The molecule has 34 heavy (non-hydrogen) atoms. The van der Waals surface area contributed by atoms with Gasteiger partial charge >= 0.3 is 0 Å². The maximum atomic E-state index is 8.05. The molecular weight excluding hydrogens is 418 g/mol. The molecule has 2 aromatic heterocycles. The first-order chi connectivity index (χ1) is 16.2. The van der Waals surface area contributed by atoms with Crippen LogP contribution in [0, 0.1) is 18.3 Å². The molecule has 186 valence electrons. The number of hydrogen-bond donors (Lipinski definition) is 3. The summed E-state index contributed by atoms with van der Waals surface area (Å²) in [4.78, 5) is 5.09. The molecule has 1 atom stereocenters. The summed E-state index contributed by atoms with van der Waals surface area (Å²) in [5, 5.41) is 15.0. The van der Waals surface area contributed by atoms with E-state index in [9.17, 15) is 0 Å². The van der Waals surface area contributed by atoms with Crippen LogP contribution in [-0.2, 0) is 6.42 Å². The number of nitrogens with zero attached hydrogens (tertiary/aromatic N) is 2. The molecule has 2 aromatic rings. The van der Waals surface area contributed by atoms with Gasteiger partial charge in [-0.2, -0.15) is 0 Å². The molecule has 0 fully saturated rings. The fraction of sp³-hybridized carbons (Fsp3) is 0.517. The van der Waals surface area contributed by atoms with Crippen molar-refractivity contribution in [2.45, 2.75) is 80.7 Å². The van der Waals surface area contributed by atoms with Crippen molar-refractivity contribution in [3.05, 3.63) is 52.5 Å². The Hall–Kier alpha value is -2.82. The molecule has 5 heteroatoms. The van der Waals surface area contributed by atoms with Crippen molar-refractivity contribution in [1.82, 2.24) is 14.9 Å². The van der Waals surface area contributed by atoms with E-state index in [1.807, 2.05) is 14.0 Å². The summed E-state index contributed by atoms with van der Waals surface area (Å²) in [6, 6.07) is 2.44. The Bertz CT molecular complexity index is 1080. The van der Waals surface area contributed by atoms with Crippen LogP contribution in [0.4, 0.5) is 5.69 Å². The van der Waals surface area contributed by atoms with Gasteiger partial charge in [0.1, 0.15) is 0 Å². The molecule has 0 amide bonds. The number of pyridine rings is 1. The predicted molar refractivity (Wildman–Crippen MR) is 150 cm³/mol. The summed E-state index contributed by atoms with van der Waals surface area (Å²) < 4.78 is 2.43. The van der Waals surface area contributed by atoms with E-state index in [4.69, 9.17) is 10.4 Å². The van der Waals surface area contributed by atoms with Gasteiger partial charge < -0.3 is 20.6 Å². The molecular formula is C29H45N5. The van der Waals surface area contributed by atoms with Crippen LogP contribution in [0.2, 0.25) is 0 Å². The normalized spacial score (nSPS) is 14.1. The molecule has 0 aromatic carbocycles. The zero-order valence-electron chi connectivity index (χ0n) is 22.8. The molecule has 0 radical (unpaired) electrons. The molecule has 0 aliphatic rings. The van der Waals surface area contributed by atoms with Gasteiger partial charge in [-0.1, -0.05) is 52.3 Å². The van der Waals surface area contributed by atoms with E-state index in [-0.39, 0.29) is 0 Å². The lowest BCUT2D eigenvalue weighted by Crippen LogP contribution is -2.11. The first-order valence-corrected chi connectivity index (χ1v) is 12.8. The molecule has 2 rings (SSSR count). The monoisotopic (exact) mass is 463 g/mol. The largest absolute Gasteiger partial charge is 0.391 e. The first kappa shape index (κ1) is 27.4. The number of allylic oxidation sites excluding steroid dienone is 4. The van der Waals surface area contributed by atoms with Crippen LogP contribution in [0.3, 0.4) is 0 Å². The fourth-order valence-corrected chi connectivity index (χ4v) is 4.41. The summed E-state index contributed by atoms with van der Waals surface area (Å²) in [6.07, 6.45) is 11.3. The number of hydrogen-bond acceptors (Lipinski definition) is 4. The van der Waals surface area contributed by atoms with Crippen molar-refractivity contribution in [3.8, 4) is 0 Å². The quantitative estimate of drug-likeness (QED) is 0.226. The third-order valence-corrected chi connectivity index (χ3v) is 6.56. The highest BCUT2D eigenvalue weighted by Crippen LogP contribution is 2.35. The number of fused-ring (bicyclic) bond motifs is 1. The fourth-order valence-electron chi connectivity index (χ4n) is 4.41. The standard InChI is InChI=1S/C29H45N5/c1-10-13-14-23(15-20(6)11-2)18-32-26-16-25(24(17-30)22(8)31-9)33-28-21(7)27(12-3)34(19(4)5)29(26)28/h13-17,19-20,30-31H,10-12,18H2,1-9H3,(H,32,33)/b14-13-,23-15+,24-22+,30-17?. The van der Waals surface area contributed by atoms with Crippen LogP contribution in [0.25, 0.3) is 16.6 Å². The van der Waals surface area contributed by atoms with Crippen LogP contribution in [0.5, 0.6) is 0 Å². The highest BCUT2D eigenvalue weighted by atomic mass is 15.1. The van der Waals surface area contributed by atoms with Crippen LogP contribution in [-0.4, -0.2) is 29.4 Å². The van der Waals surface area contributed by atoms with Crippen molar-refractivity contribution in [2.24, 2.45) is 5.92 Å². The Balaban J connectivity index is 2.77. The van der Waals surface area contributed by atoms with E-state index in [0.29, 0.717) is 12.0 Å². The van der Waals surface area contributed by atoms with Crippen LogP contribution in [0.15, 0.2) is 35.6 Å². The predicted octanol–water partition coefficient (Wildman–Crippen LogP) is 7.44. The summed E-state index contributed by atoms with van der Waals surface area (Å²) in [5.41, 5.74) is 9.66. The molecule has 3 N–H and O–H groups in total. The third kappa shape index (κ3) is 5.99. The molecule has 0 aliphatic heterocycles. The first-order valence-electron chi connectivity index (χ1n) is 12.8. The highest BCUT2D eigenvalue weighted by molar-refractivity contribution is 6.10. The zero-order valence-corrected chi connectivity index (χ0v) is 22.8. The van der Waals surface area contributed by atoms with E-state index in [2.05, 4.69) is 88.0 Å². The highest BCUT2D eigenvalue weighted by Gasteiger charge is 2.21. The molecule has 0 aliphatic carbocycles. The molecule has 2 heterocycles. The Morgan fingerprint density at radius 3 is 2.44 bits per heavy atom. The molecule has 1 unspecified atom stereocenters. The lowest BCUT2D eigenvalue weighted by Gasteiger charge is -2.18. The van der Waals surface area contributed by atoms with Crippen LogP contribution < -0.4 is 10.6 Å². The van der Waals surface area contributed by atoms with Gasteiger partial charge in [-0.3, -0.25) is 0 Å². The van der Waals surface area contributed by atoms with E-state index >= 15 is 0 Å². The second kappa shape index (κ2) is 12.6. The average Bonchev–Trinajstić information content (AvgIpc) is 3.12. The average molecular weight is 464 g/mol. The van der Waals surface area contributed by atoms with Crippen molar-refractivity contribution in [3.63, 3.8) is 0 Å². The van der Waals surface area contributed by atoms with E-state index in [1.54, 1.807) is 0 Å². The van der Waals surface area contributed by atoms with Crippen LogP contribution >= 0.6 is 0 Å². The second-order valence-corrected chi connectivity index (χ2v) is 9.37. The summed E-state index contributed by atoms with van der Waals surface area (Å²) in [7, 11) is 1.89. The van der Waals surface area contributed by atoms with Crippen molar-refractivity contribution in [1.29, 1.82) is 5.41 Å². The molecule has 0 spiro atoms. The van der Waals surface area contributed by atoms with Gasteiger partial charge in [0, 0.05) is 42.8 Å². The molecule has 5 nitrogen and oxygen atoms in total. The SMILES string of the molecule is CC/C=C\C(=C/C(C)CC)CNc1cc(/C(C=N)=C(\C)NC)nc2c(C)c(CC)n(C(C)C)c12. The van der Waals surface area contributed by atoms with Gasteiger partial charge in [-0.25, -0.2) is 4.98 Å². The smallest absolute Gasteiger partial charge is 0.0942 e. The van der Waals surface area contributed by atoms with Gasteiger partial charge in [0.05, 0.1) is 22.4 Å². The number of aryl methyl sites for hydroxylation is 1. The maximum absolute atomic E-state index is 8.05. The Kier molecular flexibility index (Phi) is 10.2. The van der Waals surface area contributed by atoms with Gasteiger partial charge in [-0.15, -0.1) is 0 Å². The van der Waals surface area contributed by atoms with Gasteiger partial charge in [-0.05, 0) is 63.7 Å². The maximum Gasteiger partial charge on any atom is 0.0942 e. The minimum Gasteiger partial charge on any atom is -0.391 e. The minimum absolute atomic E-state index is 0.325. The summed E-state index contributed by atoms with van der Waals surface area (Å²) in [5.74, 6) is 0.533. The molecule has 0 saturated carbocycles. The lowest BCUT2D eigenvalue weighted by atomic mass is 10.0. The number of anilines is 1. The molecule has 0 saturated heterocycles. The van der Waals surface area contributed by atoms with E-state index in [0.717, 1.165) is 59.5 Å². The van der Waals surface area contributed by atoms with Crippen LogP contribution in [0.1, 0.15) is 84.3 Å². The minimum atomic E-state index is 0.325. The molecule has 0 bridgehead atoms. The van der Waals surface area contributed by atoms with E-state index in [1.165, 1.54) is 23.0 Å². The summed E-state index contributed by atoms with van der Waals surface area (Å²) in [6.45, 7) is 18.3. The summed E-state index contributed by atoms with van der Waals surface area (Å²) >= 11 is 0. The Morgan fingerprint density at radius 2 is 1.91 bits per heavy atom. The van der Waals surface area contributed by atoms with Crippen molar-refractivity contribution < 1.29 is 0 Å². The van der Waals surface area contributed by atoms with Gasteiger partial charge in [0.15, 0.2) is 0 Å². The number of aromatic nitrogens is 2. The van der Waals surface area contributed by atoms with E-state index < -0.39 is 0 Å². The number of nitrogens with one attached hydrogen (secondary N) is 3. The lowest BCUT2D eigenvalue weighted by molar-refractivity contribution is 0.596. The van der Waals surface area contributed by atoms with Gasteiger partial charge in [0.25, 0.3) is 0 Å². The second-order valence-electron chi connectivity index (χ2n) is 9.37. The Labute approximate surface area is 206 Å².